The van der Waals surface area contributed by atoms with Gasteiger partial charge in [0.25, 0.3) is 0 Å². The van der Waals surface area contributed by atoms with E-state index in [0.29, 0.717) is 6.54 Å². The van der Waals surface area contributed by atoms with Gasteiger partial charge in [-0.1, -0.05) is 12.2 Å². The molecule has 1 fully saturated rings. The van der Waals surface area contributed by atoms with Gasteiger partial charge in [-0.15, -0.1) is 0 Å². The molecule has 16 heavy (non-hydrogen) atoms. The fourth-order valence-corrected chi connectivity index (χ4v) is 2.80. The predicted molar refractivity (Wildman–Crippen MR) is 61.5 cm³/mol. The SMILES string of the molecule is NC1(N2CCCC2)C=CC=C2C1=CCN2O. The molecule has 0 saturated carbocycles. The van der Waals surface area contributed by atoms with E-state index in [1.807, 2.05) is 24.3 Å². The van der Waals surface area contributed by atoms with Crippen molar-refractivity contribution in [3.63, 3.8) is 0 Å². The fourth-order valence-electron chi connectivity index (χ4n) is 2.80. The molecule has 3 rings (SSSR count). The Hall–Kier alpha value is -1.10. The molecular formula is C12H17N3O. The van der Waals surface area contributed by atoms with Crippen molar-refractivity contribution >= 4 is 0 Å². The Kier molecular flexibility index (Phi) is 2.17. The van der Waals surface area contributed by atoms with E-state index in [1.54, 1.807) is 0 Å². The smallest absolute Gasteiger partial charge is 0.116 e. The van der Waals surface area contributed by atoms with Crippen LogP contribution in [0.15, 0.2) is 35.6 Å². The molecule has 1 saturated heterocycles. The normalized spacial score (nSPS) is 34.0. The first-order valence-corrected chi connectivity index (χ1v) is 5.83. The second kappa shape index (κ2) is 3.45. The van der Waals surface area contributed by atoms with Crippen molar-refractivity contribution in [2.45, 2.75) is 18.5 Å². The maximum Gasteiger partial charge on any atom is 0.116 e. The minimum absolute atomic E-state index is 0.516. The Labute approximate surface area is 95.3 Å². The first kappa shape index (κ1) is 10.1. The van der Waals surface area contributed by atoms with Crippen LogP contribution in [0.5, 0.6) is 0 Å². The standard InChI is InChI=1S/C12H17N3O/c13-12(14-7-1-2-8-14)6-3-4-11-10(12)5-9-15(11)16/h3-6,16H,1-2,7-9,13H2. The molecule has 2 aliphatic heterocycles. The number of fused-ring (bicyclic) bond motifs is 1. The van der Waals surface area contributed by atoms with E-state index in [4.69, 9.17) is 5.73 Å². The van der Waals surface area contributed by atoms with E-state index in [1.165, 1.54) is 17.9 Å². The number of hydrogen-bond donors (Lipinski definition) is 2. The van der Waals surface area contributed by atoms with Gasteiger partial charge in [-0.25, -0.2) is 0 Å². The zero-order chi connectivity index (χ0) is 11.2. The van der Waals surface area contributed by atoms with E-state index < -0.39 is 5.66 Å². The van der Waals surface area contributed by atoms with Crippen molar-refractivity contribution in [1.29, 1.82) is 0 Å². The molecule has 2 heterocycles. The average Bonchev–Trinajstić information content (AvgIpc) is 2.89. The summed E-state index contributed by atoms with van der Waals surface area (Å²) in [6.45, 7) is 2.61. The Balaban J connectivity index is 1.97. The molecule has 1 atom stereocenters. The quantitative estimate of drug-likeness (QED) is 0.685. The van der Waals surface area contributed by atoms with Crippen molar-refractivity contribution in [1.82, 2.24) is 9.96 Å². The zero-order valence-corrected chi connectivity index (χ0v) is 9.26. The molecule has 86 valence electrons. The van der Waals surface area contributed by atoms with Crippen LogP contribution in [0.4, 0.5) is 0 Å². The van der Waals surface area contributed by atoms with E-state index in [9.17, 15) is 5.21 Å². The van der Waals surface area contributed by atoms with Gasteiger partial charge in [0.1, 0.15) is 5.66 Å². The Morgan fingerprint density at radius 2 is 2.06 bits per heavy atom. The summed E-state index contributed by atoms with van der Waals surface area (Å²) in [6.07, 6.45) is 10.3. The molecule has 3 aliphatic rings. The van der Waals surface area contributed by atoms with E-state index in [2.05, 4.69) is 4.90 Å². The number of likely N-dealkylation sites (tertiary alicyclic amines) is 1. The molecule has 1 unspecified atom stereocenters. The summed E-state index contributed by atoms with van der Waals surface area (Å²) < 4.78 is 0. The van der Waals surface area contributed by atoms with Gasteiger partial charge in [-0.2, -0.15) is 0 Å². The van der Waals surface area contributed by atoms with Crippen molar-refractivity contribution in [2.24, 2.45) is 5.73 Å². The summed E-state index contributed by atoms with van der Waals surface area (Å²) in [6, 6.07) is 0. The van der Waals surface area contributed by atoms with Crippen LogP contribution in [-0.4, -0.2) is 40.5 Å². The number of hydrogen-bond acceptors (Lipinski definition) is 4. The molecule has 0 spiro atoms. The van der Waals surface area contributed by atoms with Crippen molar-refractivity contribution in [3.8, 4) is 0 Å². The summed E-state index contributed by atoms with van der Waals surface area (Å²) in [5.41, 5.74) is 7.87. The molecular weight excluding hydrogens is 202 g/mol. The van der Waals surface area contributed by atoms with Crippen molar-refractivity contribution in [3.05, 3.63) is 35.6 Å². The molecule has 0 aromatic heterocycles. The third-order valence-electron chi connectivity index (χ3n) is 3.69. The average molecular weight is 219 g/mol. The Morgan fingerprint density at radius 3 is 2.81 bits per heavy atom. The highest BCUT2D eigenvalue weighted by Crippen LogP contribution is 2.36. The summed E-state index contributed by atoms with van der Waals surface area (Å²) in [4.78, 5) is 2.29. The first-order valence-electron chi connectivity index (χ1n) is 5.83. The third kappa shape index (κ3) is 1.27. The molecule has 4 heteroatoms. The zero-order valence-electron chi connectivity index (χ0n) is 9.26. The van der Waals surface area contributed by atoms with Crippen LogP contribution in [0.2, 0.25) is 0 Å². The van der Waals surface area contributed by atoms with Gasteiger partial charge in [-0.05, 0) is 25.0 Å². The lowest BCUT2D eigenvalue weighted by molar-refractivity contribution is -0.0366. The largest absolute Gasteiger partial charge is 0.306 e. The lowest BCUT2D eigenvalue weighted by atomic mass is 9.92. The van der Waals surface area contributed by atoms with E-state index in [-0.39, 0.29) is 0 Å². The van der Waals surface area contributed by atoms with Crippen LogP contribution in [0.25, 0.3) is 0 Å². The van der Waals surface area contributed by atoms with Crippen molar-refractivity contribution < 1.29 is 5.21 Å². The second-order valence-electron chi connectivity index (χ2n) is 4.63. The minimum Gasteiger partial charge on any atom is -0.306 e. The van der Waals surface area contributed by atoms with Crippen LogP contribution >= 0.6 is 0 Å². The lowest BCUT2D eigenvalue weighted by Crippen LogP contribution is -2.55. The number of nitrogens with zero attached hydrogens (tertiary/aromatic N) is 2. The number of rotatable bonds is 1. The van der Waals surface area contributed by atoms with Gasteiger partial charge in [0.2, 0.25) is 0 Å². The number of hydroxylamine groups is 2. The number of allylic oxidation sites excluding steroid dienone is 2. The summed E-state index contributed by atoms with van der Waals surface area (Å²) in [7, 11) is 0. The van der Waals surface area contributed by atoms with Crippen LogP contribution in [-0.2, 0) is 0 Å². The lowest BCUT2D eigenvalue weighted by Gasteiger charge is -2.39. The van der Waals surface area contributed by atoms with Crippen LogP contribution in [0.1, 0.15) is 12.8 Å². The molecule has 0 radical (unpaired) electrons. The van der Waals surface area contributed by atoms with Gasteiger partial charge in [-0.3, -0.25) is 15.2 Å². The van der Waals surface area contributed by atoms with Gasteiger partial charge < -0.3 is 5.73 Å². The summed E-state index contributed by atoms with van der Waals surface area (Å²) in [5.74, 6) is 0. The topological polar surface area (TPSA) is 52.7 Å². The van der Waals surface area contributed by atoms with E-state index in [0.717, 1.165) is 24.4 Å². The fraction of sp³-hybridized carbons (Fsp3) is 0.500. The van der Waals surface area contributed by atoms with Crippen molar-refractivity contribution in [2.75, 3.05) is 19.6 Å². The molecule has 0 amide bonds. The highest BCUT2D eigenvalue weighted by atomic mass is 16.5. The third-order valence-corrected chi connectivity index (χ3v) is 3.69. The molecule has 0 aromatic carbocycles. The van der Waals surface area contributed by atoms with Gasteiger partial charge in [0.15, 0.2) is 0 Å². The number of nitrogens with two attached hydrogens (primary N) is 1. The molecule has 4 nitrogen and oxygen atoms in total. The highest BCUT2D eigenvalue weighted by molar-refractivity contribution is 5.50. The van der Waals surface area contributed by atoms with Crippen LogP contribution in [0, 0.1) is 0 Å². The maximum atomic E-state index is 9.70. The molecule has 0 aromatic rings. The second-order valence-corrected chi connectivity index (χ2v) is 4.63. The van der Waals surface area contributed by atoms with E-state index >= 15 is 0 Å². The predicted octanol–water partition coefficient (Wildman–Crippen LogP) is 0.822. The van der Waals surface area contributed by atoms with Gasteiger partial charge >= 0.3 is 0 Å². The van der Waals surface area contributed by atoms with Gasteiger partial charge in [0.05, 0.1) is 12.2 Å². The highest BCUT2D eigenvalue weighted by Gasteiger charge is 2.41. The van der Waals surface area contributed by atoms with Crippen LogP contribution in [0.3, 0.4) is 0 Å². The van der Waals surface area contributed by atoms with Crippen LogP contribution < -0.4 is 5.73 Å². The molecule has 1 aliphatic carbocycles. The minimum atomic E-state index is -0.516. The molecule has 3 N–H and O–H groups in total. The van der Waals surface area contributed by atoms with Gasteiger partial charge in [0, 0.05) is 18.7 Å². The first-order chi connectivity index (χ1) is 7.72. The summed E-state index contributed by atoms with van der Waals surface area (Å²) >= 11 is 0. The maximum absolute atomic E-state index is 9.70. The molecule has 0 bridgehead atoms. The Morgan fingerprint density at radius 1 is 1.31 bits per heavy atom. The monoisotopic (exact) mass is 219 g/mol. The Bertz CT molecular complexity index is 393. The summed E-state index contributed by atoms with van der Waals surface area (Å²) in [5, 5.41) is 11.0.